The molecule has 1 heterocycles. The molecule has 3 rings (SSSR count). The Kier molecular flexibility index (Phi) is 6.85. The Morgan fingerprint density at radius 1 is 1.07 bits per heavy atom. The van der Waals surface area contributed by atoms with Crippen molar-refractivity contribution in [3.8, 4) is 5.75 Å². The minimum absolute atomic E-state index is 0.256. The lowest BCUT2D eigenvalue weighted by molar-refractivity contribution is -0.158. The predicted molar refractivity (Wildman–Crippen MR) is 109 cm³/mol. The Bertz CT molecular complexity index is 968. The molecule has 7 nitrogen and oxygen atoms in total. The molecule has 0 radical (unpaired) electrons. The van der Waals surface area contributed by atoms with Gasteiger partial charge in [0.25, 0.3) is 5.91 Å². The summed E-state index contributed by atoms with van der Waals surface area (Å²) >= 11 is 0. The van der Waals surface area contributed by atoms with Gasteiger partial charge in [-0.05, 0) is 34.9 Å². The number of fused-ring (bicyclic) bond motifs is 1. The van der Waals surface area contributed by atoms with Crippen LogP contribution < -0.4 is 4.74 Å². The molecule has 7 heteroatoms. The Labute approximate surface area is 174 Å². The molecular formula is C23H23NO6. The molecule has 0 aliphatic carbocycles. The number of hydrogen-bond acceptors (Lipinski definition) is 6. The highest BCUT2D eigenvalue weighted by atomic mass is 16.5. The average molecular weight is 409 g/mol. The summed E-state index contributed by atoms with van der Waals surface area (Å²) in [4.78, 5) is 38.3. The maximum Gasteiger partial charge on any atom is 0.331 e. The lowest BCUT2D eigenvalue weighted by Crippen LogP contribution is -2.50. The van der Waals surface area contributed by atoms with Crippen LogP contribution in [0, 0.1) is 0 Å². The van der Waals surface area contributed by atoms with E-state index in [4.69, 9.17) is 14.2 Å². The van der Waals surface area contributed by atoms with Crippen LogP contribution in [0.5, 0.6) is 5.75 Å². The zero-order valence-electron chi connectivity index (χ0n) is 16.9. The van der Waals surface area contributed by atoms with Gasteiger partial charge in [0.1, 0.15) is 11.8 Å². The minimum Gasteiger partial charge on any atom is -0.497 e. The monoisotopic (exact) mass is 409 g/mol. The van der Waals surface area contributed by atoms with Gasteiger partial charge in [0.15, 0.2) is 6.61 Å². The van der Waals surface area contributed by atoms with E-state index in [0.717, 1.165) is 16.7 Å². The smallest absolute Gasteiger partial charge is 0.331 e. The molecule has 1 atom stereocenters. The second kappa shape index (κ2) is 9.73. The van der Waals surface area contributed by atoms with E-state index in [0.29, 0.717) is 12.2 Å². The van der Waals surface area contributed by atoms with E-state index in [-0.39, 0.29) is 6.54 Å². The van der Waals surface area contributed by atoms with E-state index in [9.17, 15) is 14.4 Å². The van der Waals surface area contributed by atoms with Gasteiger partial charge in [-0.1, -0.05) is 36.4 Å². The van der Waals surface area contributed by atoms with Gasteiger partial charge in [0, 0.05) is 19.0 Å². The second-order valence-electron chi connectivity index (χ2n) is 6.75. The standard InChI is InChI=1S/C23H23NO6/c1-28-19-9-5-6-16(12-19)10-11-22(26)30-15-21(25)24-14-18-8-4-3-7-17(18)13-20(24)23(27)29-2/h3-12,20H,13-15H2,1-2H3/b11-10+/t20-/m1/s1. The third-order valence-electron chi connectivity index (χ3n) is 4.89. The molecule has 1 aliphatic rings. The average Bonchev–Trinajstić information content (AvgIpc) is 2.79. The first-order valence-electron chi connectivity index (χ1n) is 9.44. The molecular weight excluding hydrogens is 386 g/mol. The van der Waals surface area contributed by atoms with Gasteiger partial charge in [-0.3, -0.25) is 4.79 Å². The SMILES string of the molecule is COC(=O)[C@H]1Cc2ccccc2CN1C(=O)COC(=O)/C=C/c1cccc(OC)c1. The zero-order valence-corrected chi connectivity index (χ0v) is 16.9. The Morgan fingerprint density at radius 2 is 1.83 bits per heavy atom. The summed E-state index contributed by atoms with van der Waals surface area (Å²) < 4.78 is 15.1. The number of methoxy groups -OCH3 is 2. The first-order chi connectivity index (χ1) is 14.5. The number of rotatable bonds is 6. The molecule has 0 unspecified atom stereocenters. The molecule has 2 aromatic carbocycles. The summed E-state index contributed by atoms with van der Waals surface area (Å²) in [6.07, 6.45) is 3.17. The number of nitrogens with zero attached hydrogens (tertiary/aromatic N) is 1. The quantitative estimate of drug-likeness (QED) is 0.538. The maximum atomic E-state index is 12.7. The lowest BCUT2D eigenvalue weighted by atomic mass is 9.94. The lowest BCUT2D eigenvalue weighted by Gasteiger charge is -2.35. The molecule has 0 spiro atoms. The number of amides is 1. The molecule has 1 aliphatic heterocycles. The molecule has 0 bridgehead atoms. The fourth-order valence-corrected chi connectivity index (χ4v) is 3.31. The molecule has 2 aromatic rings. The van der Waals surface area contributed by atoms with Crippen molar-refractivity contribution in [1.82, 2.24) is 4.90 Å². The van der Waals surface area contributed by atoms with Gasteiger partial charge in [0.2, 0.25) is 0 Å². The molecule has 0 saturated carbocycles. The van der Waals surface area contributed by atoms with Crippen LogP contribution in [0.25, 0.3) is 6.08 Å². The topological polar surface area (TPSA) is 82.1 Å². The van der Waals surface area contributed by atoms with Crippen molar-refractivity contribution in [1.29, 1.82) is 0 Å². The Morgan fingerprint density at radius 3 is 2.57 bits per heavy atom. The van der Waals surface area contributed by atoms with Crippen molar-refractivity contribution in [2.45, 2.75) is 19.0 Å². The fourth-order valence-electron chi connectivity index (χ4n) is 3.31. The predicted octanol–water partition coefficient (Wildman–Crippen LogP) is 2.38. The van der Waals surface area contributed by atoms with E-state index in [1.165, 1.54) is 18.1 Å². The molecule has 0 saturated heterocycles. The van der Waals surface area contributed by atoms with Crippen molar-refractivity contribution in [3.63, 3.8) is 0 Å². The highest BCUT2D eigenvalue weighted by Crippen LogP contribution is 2.24. The molecule has 0 N–H and O–H groups in total. The molecule has 0 aromatic heterocycles. The van der Waals surface area contributed by atoms with E-state index in [1.54, 1.807) is 31.4 Å². The number of ether oxygens (including phenoxy) is 3. The van der Waals surface area contributed by atoms with Gasteiger partial charge in [-0.15, -0.1) is 0 Å². The van der Waals surface area contributed by atoms with Gasteiger partial charge < -0.3 is 19.1 Å². The minimum atomic E-state index is -0.747. The van der Waals surface area contributed by atoms with Crippen molar-refractivity contribution >= 4 is 23.9 Å². The van der Waals surface area contributed by atoms with Crippen molar-refractivity contribution in [2.75, 3.05) is 20.8 Å². The van der Waals surface area contributed by atoms with E-state index < -0.39 is 30.5 Å². The third kappa shape index (κ3) is 5.05. The van der Waals surface area contributed by atoms with Crippen LogP contribution in [0.2, 0.25) is 0 Å². The van der Waals surface area contributed by atoms with E-state index in [2.05, 4.69) is 0 Å². The highest BCUT2D eigenvalue weighted by Gasteiger charge is 2.35. The molecule has 30 heavy (non-hydrogen) atoms. The first-order valence-corrected chi connectivity index (χ1v) is 9.44. The van der Waals surface area contributed by atoms with Crippen molar-refractivity contribution in [3.05, 3.63) is 71.3 Å². The number of esters is 2. The van der Waals surface area contributed by atoms with Gasteiger partial charge in [0.05, 0.1) is 14.2 Å². The number of carbonyl (C=O) groups excluding carboxylic acids is 3. The number of benzene rings is 2. The summed E-state index contributed by atoms with van der Waals surface area (Å²) in [5.74, 6) is -0.941. The zero-order chi connectivity index (χ0) is 21.5. The molecule has 1 amide bonds. The summed E-state index contributed by atoms with van der Waals surface area (Å²) in [6.45, 7) is -0.205. The second-order valence-corrected chi connectivity index (χ2v) is 6.75. The van der Waals surface area contributed by atoms with E-state index >= 15 is 0 Å². The van der Waals surface area contributed by atoms with E-state index in [1.807, 2.05) is 30.3 Å². The summed E-state index contributed by atoms with van der Waals surface area (Å²) in [7, 11) is 2.85. The van der Waals surface area contributed by atoms with Crippen LogP contribution in [-0.4, -0.2) is 49.6 Å². The van der Waals surface area contributed by atoms with Crippen LogP contribution in [0.3, 0.4) is 0 Å². The number of hydrogen-bond donors (Lipinski definition) is 0. The third-order valence-corrected chi connectivity index (χ3v) is 4.89. The van der Waals surface area contributed by atoms with Crippen LogP contribution in [-0.2, 0) is 36.8 Å². The van der Waals surface area contributed by atoms with Crippen LogP contribution >= 0.6 is 0 Å². The van der Waals surface area contributed by atoms with Crippen LogP contribution in [0.4, 0.5) is 0 Å². The van der Waals surface area contributed by atoms with Crippen molar-refractivity contribution in [2.24, 2.45) is 0 Å². The number of carbonyl (C=O) groups is 3. The molecule has 156 valence electrons. The normalized spacial score (nSPS) is 15.4. The summed E-state index contributed by atoms with van der Waals surface area (Å²) in [5.41, 5.74) is 2.71. The molecule has 0 fully saturated rings. The fraction of sp³-hybridized carbons (Fsp3) is 0.261. The largest absolute Gasteiger partial charge is 0.497 e. The van der Waals surface area contributed by atoms with Crippen LogP contribution in [0.1, 0.15) is 16.7 Å². The van der Waals surface area contributed by atoms with Crippen LogP contribution in [0.15, 0.2) is 54.6 Å². The first kappa shape index (κ1) is 21.1. The Hall–Kier alpha value is -3.61. The summed E-state index contributed by atoms with van der Waals surface area (Å²) in [5, 5.41) is 0. The van der Waals surface area contributed by atoms with Gasteiger partial charge in [-0.25, -0.2) is 9.59 Å². The Balaban J connectivity index is 1.63. The van der Waals surface area contributed by atoms with Gasteiger partial charge >= 0.3 is 11.9 Å². The highest BCUT2D eigenvalue weighted by molar-refractivity contribution is 5.90. The maximum absolute atomic E-state index is 12.7. The van der Waals surface area contributed by atoms with Gasteiger partial charge in [-0.2, -0.15) is 0 Å². The summed E-state index contributed by atoms with van der Waals surface area (Å²) in [6, 6.07) is 14.0. The van der Waals surface area contributed by atoms with Crippen molar-refractivity contribution < 1.29 is 28.6 Å².